The minimum absolute atomic E-state index is 0.901. The van der Waals surface area contributed by atoms with Crippen molar-refractivity contribution in [3.63, 3.8) is 0 Å². The van der Waals surface area contributed by atoms with E-state index in [0.717, 1.165) is 50.1 Å². The molecular weight excluding hydrogens is 679 g/mol. The SMILES string of the molecule is c1ccc(N(c2ccc(-c3ccc4c(c3)oc3cc5ccccc5cc34)cc2)c2cccc(-c3ccc4ccc(-c5ccc6ccccc6c5)cc4c3)c2)cc1. The van der Waals surface area contributed by atoms with Crippen LogP contribution in [0.15, 0.2) is 217 Å². The molecule has 11 rings (SSSR count). The van der Waals surface area contributed by atoms with Crippen LogP contribution in [0.3, 0.4) is 0 Å². The highest BCUT2D eigenvalue weighted by Crippen LogP contribution is 2.39. The summed E-state index contributed by atoms with van der Waals surface area (Å²) in [6.07, 6.45) is 0. The van der Waals surface area contributed by atoms with Gasteiger partial charge >= 0.3 is 0 Å². The lowest BCUT2D eigenvalue weighted by Crippen LogP contribution is -2.09. The monoisotopic (exact) mass is 713 g/mol. The Kier molecular flexibility index (Phi) is 7.53. The Morgan fingerprint density at radius 1 is 0.250 bits per heavy atom. The van der Waals surface area contributed by atoms with E-state index < -0.39 is 0 Å². The molecule has 0 radical (unpaired) electrons. The average molecular weight is 714 g/mol. The molecule has 10 aromatic carbocycles. The quantitative estimate of drug-likeness (QED) is 0.171. The molecule has 1 heterocycles. The molecule has 2 heteroatoms. The molecular formula is C54H35NO. The van der Waals surface area contributed by atoms with Crippen molar-refractivity contribution in [1.82, 2.24) is 0 Å². The number of para-hydroxylation sites is 1. The van der Waals surface area contributed by atoms with Gasteiger partial charge in [-0.1, -0.05) is 133 Å². The van der Waals surface area contributed by atoms with Gasteiger partial charge in [-0.2, -0.15) is 0 Å². The summed E-state index contributed by atoms with van der Waals surface area (Å²) in [4.78, 5) is 2.33. The van der Waals surface area contributed by atoms with Gasteiger partial charge in [0.25, 0.3) is 0 Å². The zero-order valence-corrected chi connectivity index (χ0v) is 30.6. The van der Waals surface area contributed by atoms with E-state index in [1.54, 1.807) is 0 Å². The van der Waals surface area contributed by atoms with Crippen LogP contribution in [-0.2, 0) is 0 Å². The Hall–Kier alpha value is -7.42. The van der Waals surface area contributed by atoms with E-state index in [0.29, 0.717) is 0 Å². The molecule has 0 unspecified atom stereocenters. The second kappa shape index (κ2) is 13.2. The van der Waals surface area contributed by atoms with Crippen molar-refractivity contribution in [3.8, 4) is 33.4 Å². The Morgan fingerprint density at radius 2 is 0.732 bits per heavy atom. The lowest BCUT2D eigenvalue weighted by Gasteiger charge is -2.26. The fraction of sp³-hybridized carbons (Fsp3) is 0. The summed E-state index contributed by atoms with van der Waals surface area (Å²) in [5, 5.41) is 9.66. The molecule has 2 nitrogen and oxygen atoms in total. The van der Waals surface area contributed by atoms with Crippen molar-refractivity contribution in [1.29, 1.82) is 0 Å². The number of hydrogen-bond donors (Lipinski definition) is 0. The summed E-state index contributed by atoms with van der Waals surface area (Å²) in [6.45, 7) is 0. The summed E-state index contributed by atoms with van der Waals surface area (Å²) in [6, 6.07) is 76.6. The minimum Gasteiger partial charge on any atom is -0.456 e. The molecule has 0 atom stereocenters. The Morgan fingerprint density at radius 3 is 1.45 bits per heavy atom. The van der Waals surface area contributed by atoms with Crippen molar-refractivity contribution in [2.45, 2.75) is 0 Å². The molecule has 0 saturated carbocycles. The number of hydrogen-bond acceptors (Lipinski definition) is 2. The summed E-state index contributed by atoms with van der Waals surface area (Å²) in [7, 11) is 0. The van der Waals surface area contributed by atoms with E-state index in [4.69, 9.17) is 4.42 Å². The van der Waals surface area contributed by atoms with Crippen molar-refractivity contribution in [2.24, 2.45) is 0 Å². The van der Waals surface area contributed by atoms with Gasteiger partial charge in [0.1, 0.15) is 11.2 Å². The van der Waals surface area contributed by atoms with Crippen molar-refractivity contribution >= 4 is 71.3 Å². The van der Waals surface area contributed by atoms with Crippen LogP contribution < -0.4 is 4.90 Å². The smallest absolute Gasteiger partial charge is 0.136 e. The number of furan rings is 1. The fourth-order valence-electron chi connectivity index (χ4n) is 8.27. The van der Waals surface area contributed by atoms with Crippen LogP contribution in [0.2, 0.25) is 0 Å². The lowest BCUT2D eigenvalue weighted by molar-refractivity contribution is 0.669. The number of nitrogens with zero attached hydrogens (tertiary/aromatic N) is 1. The maximum atomic E-state index is 6.40. The van der Waals surface area contributed by atoms with E-state index in [2.05, 4.69) is 217 Å². The van der Waals surface area contributed by atoms with Gasteiger partial charge in [-0.05, 0) is 145 Å². The first-order chi connectivity index (χ1) is 27.7. The van der Waals surface area contributed by atoms with Gasteiger partial charge in [0.05, 0.1) is 0 Å². The van der Waals surface area contributed by atoms with Crippen LogP contribution in [0.25, 0.3) is 87.6 Å². The standard InChI is InChI=1S/C54H35NO/c1-2-14-48(15-3-1)55(49-26-23-37(24-27-49)46-25-28-51-52-33-41-11-6-7-12-42(41)34-54(52)56-53(51)35-46)50-16-8-13-40(32-50)44-21-18-38-19-22-45(31-47(38)30-44)43-20-17-36-9-4-5-10-39(36)29-43/h1-35H. The maximum absolute atomic E-state index is 6.40. The van der Waals surface area contributed by atoms with Gasteiger partial charge in [-0.25, -0.2) is 0 Å². The highest BCUT2D eigenvalue weighted by atomic mass is 16.3. The largest absolute Gasteiger partial charge is 0.456 e. The molecule has 0 aliphatic rings. The lowest BCUT2D eigenvalue weighted by atomic mass is 9.96. The molecule has 1 aromatic heterocycles. The number of fused-ring (bicyclic) bond motifs is 6. The van der Waals surface area contributed by atoms with Crippen LogP contribution in [0.4, 0.5) is 17.1 Å². The molecule has 0 saturated heterocycles. The van der Waals surface area contributed by atoms with Crippen LogP contribution in [0.5, 0.6) is 0 Å². The van der Waals surface area contributed by atoms with E-state index >= 15 is 0 Å². The zero-order valence-electron chi connectivity index (χ0n) is 30.6. The van der Waals surface area contributed by atoms with E-state index in [9.17, 15) is 0 Å². The molecule has 0 amide bonds. The van der Waals surface area contributed by atoms with Crippen LogP contribution in [-0.4, -0.2) is 0 Å². The normalized spacial score (nSPS) is 11.6. The van der Waals surface area contributed by atoms with E-state index in [1.165, 1.54) is 54.6 Å². The van der Waals surface area contributed by atoms with E-state index in [1.807, 2.05) is 0 Å². The van der Waals surface area contributed by atoms with Gasteiger partial charge < -0.3 is 9.32 Å². The topological polar surface area (TPSA) is 16.4 Å². The van der Waals surface area contributed by atoms with Crippen LogP contribution >= 0.6 is 0 Å². The van der Waals surface area contributed by atoms with Crippen molar-refractivity contribution in [3.05, 3.63) is 212 Å². The molecule has 0 aliphatic heterocycles. The molecule has 0 aliphatic carbocycles. The second-order valence-corrected chi connectivity index (χ2v) is 14.6. The fourth-order valence-corrected chi connectivity index (χ4v) is 8.27. The number of benzene rings is 10. The Labute approximate surface area is 325 Å². The summed E-state index contributed by atoms with van der Waals surface area (Å²) >= 11 is 0. The molecule has 0 fully saturated rings. The van der Waals surface area contributed by atoms with E-state index in [-0.39, 0.29) is 0 Å². The highest BCUT2D eigenvalue weighted by molar-refractivity contribution is 6.10. The molecule has 262 valence electrons. The third kappa shape index (κ3) is 5.68. The third-order valence-electron chi connectivity index (χ3n) is 11.2. The molecule has 0 N–H and O–H groups in total. The zero-order chi connectivity index (χ0) is 37.0. The molecule has 56 heavy (non-hydrogen) atoms. The highest BCUT2D eigenvalue weighted by Gasteiger charge is 2.15. The van der Waals surface area contributed by atoms with Crippen molar-refractivity contribution in [2.75, 3.05) is 4.90 Å². The first kappa shape index (κ1) is 32.0. The Bertz CT molecular complexity index is 3250. The van der Waals surface area contributed by atoms with Gasteiger partial charge in [0, 0.05) is 27.8 Å². The van der Waals surface area contributed by atoms with Gasteiger partial charge in [-0.3, -0.25) is 0 Å². The maximum Gasteiger partial charge on any atom is 0.136 e. The first-order valence-electron chi connectivity index (χ1n) is 19.1. The van der Waals surface area contributed by atoms with Gasteiger partial charge in [-0.15, -0.1) is 0 Å². The van der Waals surface area contributed by atoms with Crippen LogP contribution in [0.1, 0.15) is 0 Å². The van der Waals surface area contributed by atoms with Crippen LogP contribution in [0, 0.1) is 0 Å². The summed E-state index contributed by atoms with van der Waals surface area (Å²) < 4.78 is 6.40. The van der Waals surface area contributed by atoms with Gasteiger partial charge in [0.2, 0.25) is 0 Å². The van der Waals surface area contributed by atoms with Gasteiger partial charge in [0.15, 0.2) is 0 Å². The first-order valence-corrected chi connectivity index (χ1v) is 19.1. The predicted molar refractivity (Wildman–Crippen MR) is 237 cm³/mol. The molecule has 11 aromatic rings. The van der Waals surface area contributed by atoms with Crippen molar-refractivity contribution < 1.29 is 4.42 Å². The third-order valence-corrected chi connectivity index (χ3v) is 11.2. The second-order valence-electron chi connectivity index (χ2n) is 14.6. The average Bonchev–Trinajstić information content (AvgIpc) is 3.62. The number of rotatable bonds is 6. The predicted octanol–water partition coefficient (Wildman–Crippen LogP) is 15.5. The summed E-state index contributed by atoms with van der Waals surface area (Å²) in [5.41, 5.74) is 12.2. The molecule has 0 bridgehead atoms. The summed E-state index contributed by atoms with van der Waals surface area (Å²) in [5.74, 6) is 0. The molecule has 0 spiro atoms. The Balaban J connectivity index is 0.934. The minimum atomic E-state index is 0.901. The number of anilines is 3.